The Kier molecular flexibility index (Phi) is 8.92. The molecule has 1 aliphatic heterocycles. The number of benzene rings is 1. The lowest BCUT2D eigenvalue weighted by Gasteiger charge is -2.32. The average Bonchev–Trinajstić information content (AvgIpc) is 2.85. The number of amides is 1. The zero-order valence-corrected chi connectivity index (χ0v) is 21.0. The fourth-order valence-corrected chi connectivity index (χ4v) is 4.53. The number of anilines is 1. The number of halogens is 3. The standard InChI is InChI=1S/C26H34F3N5O2/c1-4-6-9-20(5-2)31-23-21(16(3)30)24(35)33-22(32-23)18-8-7-14-34(15-18)25(36)17-10-12-19(13-11-17)26(27,28)29/h10-13,18,20,30H,4-9,14-15H2,1-3H3,(H2,31,32,33,35). The quantitative estimate of drug-likeness (QED) is 0.387. The second-order valence-corrected chi connectivity index (χ2v) is 9.36. The first kappa shape index (κ1) is 27.4. The van der Waals surface area contributed by atoms with Gasteiger partial charge in [0.15, 0.2) is 0 Å². The molecule has 3 rings (SSSR count). The maximum Gasteiger partial charge on any atom is 0.416 e. The summed E-state index contributed by atoms with van der Waals surface area (Å²) in [6.45, 7) is 6.49. The Morgan fingerprint density at radius 1 is 1.28 bits per heavy atom. The summed E-state index contributed by atoms with van der Waals surface area (Å²) >= 11 is 0. The van der Waals surface area contributed by atoms with Gasteiger partial charge in [-0.15, -0.1) is 0 Å². The lowest BCUT2D eigenvalue weighted by Crippen LogP contribution is -2.40. The molecule has 10 heteroatoms. The molecule has 1 amide bonds. The summed E-state index contributed by atoms with van der Waals surface area (Å²) < 4.78 is 38.6. The third kappa shape index (κ3) is 6.53. The number of aromatic nitrogens is 2. The van der Waals surface area contributed by atoms with Gasteiger partial charge in [0.1, 0.15) is 17.2 Å². The van der Waals surface area contributed by atoms with Crippen LogP contribution in [0.4, 0.5) is 19.0 Å². The topological polar surface area (TPSA) is 102 Å². The van der Waals surface area contributed by atoms with Crippen molar-refractivity contribution in [2.45, 2.75) is 77.4 Å². The van der Waals surface area contributed by atoms with Crippen molar-refractivity contribution >= 4 is 17.4 Å². The molecule has 0 radical (unpaired) electrons. The minimum atomic E-state index is -4.46. The van der Waals surface area contributed by atoms with E-state index in [0.717, 1.165) is 37.8 Å². The fourth-order valence-electron chi connectivity index (χ4n) is 4.53. The second kappa shape index (κ2) is 11.7. The van der Waals surface area contributed by atoms with Gasteiger partial charge in [-0.1, -0.05) is 26.7 Å². The molecule has 0 bridgehead atoms. The van der Waals surface area contributed by atoms with Crippen LogP contribution in [0.5, 0.6) is 0 Å². The first-order valence-corrected chi connectivity index (χ1v) is 12.5. The van der Waals surface area contributed by atoms with Gasteiger partial charge in [0.25, 0.3) is 11.5 Å². The SMILES string of the molecule is CCCCC(CC)Nc1nc(C2CCCN(C(=O)c3ccc(C(F)(F)F)cc3)C2)[nH]c(=O)c1C(C)=N. The first-order valence-electron chi connectivity index (χ1n) is 12.5. The number of alkyl halides is 3. The predicted molar refractivity (Wildman–Crippen MR) is 134 cm³/mol. The van der Waals surface area contributed by atoms with Crippen molar-refractivity contribution in [3.05, 3.63) is 57.1 Å². The van der Waals surface area contributed by atoms with Crippen LogP contribution in [0.2, 0.25) is 0 Å². The van der Waals surface area contributed by atoms with Gasteiger partial charge < -0.3 is 20.6 Å². The Balaban J connectivity index is 1.84. The van der Waals surface area contributed by atoms with Crippen LogP contribution in [0.15, 0.2) is 29.1 Å². The molecular weight excluding hydrogens is 471 g/mol. The Bertz CT molecular complexity index is 1130. The molecular formula is C26H34F3N5O2. The molecule has 1 aromatic carbocycles. The molecule has 196 valence electrons. The summed E-state index contributed by atoms with van der Waals surface area (Å²) in [6, 6.07) is 4.33. The molecule has 1 saturated heterocycles. The van der Waals surface area contributed by atoms with Gasteiger partial charge in [0, 0.05) is 36.3 Å². The maximum absolute atomic E-state index is 13.0. The molecule has 2 unspecified atom stereocenters. The van der Waals surface area contributed by atoms with E-state index >= 15 is 0 Å². The highest BCUT2D eigenvalue weighted by molar-refractivity contribution is 6.00. The minimum Gasteiger partial charge on any atom is -0.367 e. The zero-order chi connectivity index (χ0) is 26.5. The van der Waals surface area contributed by atoms with Crippen molar-refractivity contribution in [3.63, 3.8) is 0 Å². The van der Waals surface area contributed by atoms with Crippen molar-refractivity contribution < 1.29 is 18.0 Å². The molecule has 1 aliphatic rings. The zero-order valence-electron chi connectivity index (χ0n) is 21.0. The Morgan fingerprint density at radius 3 is 2.56 bits per heavy atom. The van der Waals surface area contributed by atoms with Crippen molar-refractivity contribution in [1.29, 1.82) is 5.41 Å². The average molecular weight is 506 g/mol. The molecule has 1 fully saturated rings. The van der Waals surface area contributed by atoms with E-state index < -0.39 is 17.3 Å². The van der Waals surface area contributed by atoms with Crippen molar-refractivity contribution in [2.24, 2.45) is 0 Å². The van der Waals surface area contributed by atoms with Crippen molar-refractivity contribution in [2.75, 3.05) is 18.4 Å². The molecule has 2 atom stereocenters. The van der Waals surface area contributed by atoms with Crippen molar-refractivity contribution in [1.82, 2.24) is 14.9 Å². The number of carbonyl (C=O) groups excluding carboxylic acids is 1. The molecule has 3 N–H and O–H groups in total. The molecule has 36 heavy (non-hydrogen) atoms. The van der Waals surface area contributed by atoms with Crippen LogP contribution >= 0.6 is 0 Å². The molecule has 0 saturated carbocycles. The van der Waals surface area contributed by atoms with Crippen LogP contribution in [0.3, 0.4) is 0 Å². The number of likely N-dealkylation sites (tertiary alicyclic amines) is 1. The highest BCUT2D eigenvalue weighted by Gasteiger charge is 2.32. The van der Waals surface area contributed by atoms with Gasteiger partial charge in [-0.25, -0.2) is 4.98 Å². The van der Waals surface area contributed by atoms with E-state index in [9.17, 15) is 22.8 Å². The van der Waals surface area contributed by atoms with Crippen LogP contribution in [-0.4, -0.2) is 45.6 Å². The van der Waals surface area contributed by atoms with E-state index in [1.165, 1.54) is 12.1 Å². The van der Waals surface area contributed by atoms with Crippen LogP contribution < -0.4 is 10.9 Å². The van der Waals surface area contributed by atoms with Gasteiger partial charge in [-0.3, -0.25) is 9.59 Å². The lowest BCUT2D eigenvalue weighted by molar-refractivity contribution is -0.137. The van der Waals surface area contributed by atoms with E-state index in [0.29, 0.717) is 31.0 Å². The summed E-state index contributed by atoms with van der Waals surface area (Å²) in [5, 5.41) is 11.5. The predicted octanol–water partition coefficient (Wildman–Crippen LogP) is 5.58. The van der Waals surface area contributed by atoms with Crippen LogP contribution in [0.1, 0.15) is 92.5 Å². The number of nitrogens with one attached hydrogen (secondary N) is 3. The van der Waals surface area contributed by atoms with Gasteiger partial charge >= 0.3 is 6.18 Å². The maximum atomic E-state index is 13.0. The molecule has 7 nitrogen and oxygen atoms in total. The molecule has 1 aromatic heterocycles. The summed E-state index contributed by atoms with van der Waals surface area (Å²) in [7, 11) is 0. The minimum absolute atomic E-state index is 0.117. The van der Waals surface area contributed by atoms with E-state index in [-0.39, 0.29) is 41.3 Å². The monoisotopic (exact) mass is 505 g/mol. The number of piperidine rings is 1. The Labute approximate surface area is 209 Å². The molecule has 0 spiro atoms. The highest BCUT2D eigenvalue weighted by atomic mass is 19.4. The normalized spacial score (nSPS) is 17.1. The number of H-pyrrole nitrogens is 1. The highest BCUT2D eigenvalue weighted by Crippen LogP contribution is 2.30. The van der Waals surface area contributed by atoms with Crippen molar-refractivity contribution in [3.8, 4) is 0 Å². The van der Waals surface area contributed by atoms with E-state index in [4.69, 9.17) is 10.4 Å². The number of aromatic amines is 1. The number of hydrogen-bond donors (Lipinski definition) is 3. The van der Waals surface area contributed by atoms with Gasteiger partial charge in [-0.05, 0) is 56.9 Å². The summed E-state index contributed by atoms with van der Waals surface area (Å²) in [5.74, 6) is 0.242. The third-order valence-electron chi connectivity index (χ3n) is 6.61. The third-order valence-corrected chi connectivity index (χ3v) is 6.61. The van der Waals surface area contributed by atoms with Gasteiger partial charge in [0.2, 0.25) is 0 Å². The number of rotatable bonds is 9. The van der Waals surface area contributed by atoms with Crippen LogP contribution in [0, 0.1) is 5.41 Å². The van der Waals surface area contributed by atoms with E-state index in [1.54, 1.807) is 11.8 Å². The number of nitrogens with zero attached hydrogens (tertiary/aromatic N) is 2. The van der Waals surface area contributed by atoms with Gasteiger partial charge in [-0.2, -0.15) is 13.2 Å². The summed E-state index contributed by atoms with van der Waals surface area (Å²) in [6.07, 6.45) is 0.760. The first-order chi connectivity index (χ1) is 17.0. The van der Waals surface area contributed by atoms with E-state index in [2.05, 4.69) is 24.1 Å². The second-order valence-electron chi connectivity index (χ2n) is 9.36. The lowest BCUT2D eigenvalue weighted by atomic mass is 9.96. The Morgan fingerprint density at radius 2 is 1.97 bits per heavy atom. The summed E-state index contributed by atoms with van der Waals surface area (Å²) in [4.78, 5) is 35.1. The molecule has 0 aliphatic carbocycles. The van der Waals surface area contributed by atoms with Crippen LogP contribution in [-0.2, 0) is 6.18 Å². The fraction of sp³-hybridized carbons (Fsp3) is 0.538. The number of unbranched alkanes of at least 4 members (excludes halogenated alkanes) is 1. The largest absolute Gasteiger partial charge is 0.416 e. The molecule has 2 aromatic rings. The van der Waals surface area contributed by atoms with Crippen LogP contribution in [0.25, 0.3) is 0 Å². The number of hydrogen-bond acceptors (Lipinski definition) is 5. The Hall–Kier alpha value is -3.17. The van der Waals surface area contributed by atoms with E-state index in [1.807, 2.05) is 0 Å². The summed E-state index contributed by atoms with van der Waals surface area (Å²) in [5.41, 5.74) is -0.688. The number of carbonyl (C=O) groups is 1. The smallest absolute Gasteiger partial charge is 0.367 e. The van der Waals surface area contributed by atoms with Gasteiger partial charge in [0.05, 0.1) is 5.56 Å². The molecule has 2 heterocycles.